The van der Waals surface area contributed by atoms with Crippen molar-refractivity contribution < 1.29 is 48.9 Å². The zero-order valence-electron chi connectivity index (χ0n) is 21.6. The molecule has 0 radical (unpaired) electrons. The molecule has 204 valence electrons. The molecular weight excluding hydrogens is 462 g/mol. The van der Waals surface area contributed by atoms with Gasteiger partial charge >= 0.3 is 0 Å². The lowest BCUT2D eigenvalue weighted by atomic mass is 9.73. The molecule has 5 N–H and O–H groups in total. The Morgan fingerprint density at radius 3 is 2.43 bits per heavy atom. The minimum atomic E-state index is -1.65. The summed E-state index contributed by atoms with van der Waals surface area (Å²) in [5, 5.41) is 42.4. The number of carbonyl (C=O) groups excluding carboxylic acids is 1. The average Bonchev–Trinajstić information content (AvgIpc) is 2.82. The van der Waals surface area contributed by atoms with Crippen molar-refractivity contribution in [2.45, 2.75) is 89.1 Å². The highest BCUT2D eigenvalue weighted by atomic mass is 16.7. The van der Waals surface area contributed by atoms with Gasteiger partial charge in [-0.2, -0.15) is 0 Å². The Morgan fingerprint density at radius 2 is 1.91 bits per heavy atom. The van der Waals surface area contributed by atoms with E-state index in [0.29, 0.717) is 0 Å². The molecule has 1 amide bonds. The van der Waals surface area contributed by atoms with Crippen LogP contribution in [0.3, 0.4) is 0 Å². The van der Waals surface area contributed by atoms with Gasteiger partial charge in [-0.25, -0.2) is 0 Å². The minimum Gasteiger partial charge on any atom is -0.394 e. The Morgan fingerprint density at radius 1 is 1.26 bits per heavy atom. The molecule has 2 fully saturated rings. The molecular formula is C24H43NO10. The van der Waals surface area contributed by atoms with Crippen LogP contribution in [0.15, 0.2) is 12.2 Å². The van der Waals surface area contributed by atoms with Crippen LogP contribution in [0.1, 0.15) is 40.5 Å². The topological polar surface area (TPSA) is 156 Å². The first-order valence-corrected chi connectivity index (χ1v) is 11.9. The zero-order valence-corrected chi connectivity index (χ0v) is 21.6. The van der Waals surface area contributed by atoms with Crippen molar-refractivity contribution in [2.24, 2.45) is 11.3 Å². The molecule has 0 saturated carbocycles. The summed E-state index contributed by atoms with van der Waals surface area (Å²) in [5.41, 5.74) is 0.147. The van der Waals surface area contributed by atoms with Gasteiger partial charge in [-0.3, -0.25) is 4.79 Å². The number of carbonyl (C=O) groups is 1. The van der Waals surface area contributed by atoms with Crippen LogP contribution in [-0.2, 0) is 28.5 Å². The molecule has 0 spiro atoms. The van der Waals surface area contributed by atoms with E-state index in [2.05, 4.69) is 11.9 Å². The Bertz CT molecular complexity index is 718. The van der Waals surface area contributed by atoms with Crippen LogP contribution in [0.5, 0.6) is 0 Å². The maximum atomic E-state index is 13.0. The first kappa shape index (κ1) is 30.1. The second-order valence-corrected chi connectivity index (χ2v) is 10.1. The monoisotopic (exact) mass is 505 g/mol. The van der Waals surface area contributed by atoms with Crippen LogP contribution in [0.25, 0.3) is 0 Å². The molecule has 11 nitrogen and oxygen atoms in total. The van der Waals surface area contributed by atoms with Crippen molar-refractivity contribution in [3.63, 3.8) is 0 Å². The van der Waals surface area contributed by atoms with Crippen molar-refractivity contribution in [3.8, 4) is 0 Å². The van der Waals surface area contributed by atoms with Gasteiger partial charge in [0.15, 0.2) is 6.10 Å². The summed E-state index contributed by atoms with van der Waals surface area (Å²) in [4.78, 5) is 13.0. The van der Waals surface area contributed by atoms with E-state index in [1.807, 2.05) is 27.7 Å². The second kappa shape index (κ2) is 12.4. The van der Waals surface area contributed by atoms with Gasteiger partial charge in [-0.05, 0) is 6.92 Å². The molecule has 11 heteroatoms. The molecule has 2 saturated heterocycles. The normalized spacial score (nSPS) is 37.0. The third-order valence-electron chi connectivity index (χ3n) is 7.48. The fourth-order valence-corrected chi connectivity index (χ4v) is 4.99. The summed E-state index contributed by atoms with van der Waals surface area (Å²) < 4.78 is 28.8. The lowest BCUT2D eigenvalue weighted by Crippen LogP contribution is -2.64. The number of hydrogen-bond acceptors (Lipinski definition) is 10. The quantitative estimate of drug-likeness (QED) is 0.186. The smallest absolute Gasteiger partial charge is 0.254 e. The fraction of sp³-hybridized carbons (Fsp3) is 0.875. The van der Waals surface area contributed by atoms with E-state index in [0.717, 1.165) is 5.57 Å². The molecule has 2 aliphatic rings. The third-order valence-corrected chi connectivity index (χ3v) is 7.48. The summed E-state index contributed by atoms with van der Waals surface area (Å²) in [7, 11) is 2.87. The maximum Gasteiger partial charge on any atom is 0.254 e. The van der Waals surface area contributed by atoms with Crippen molar-refractivity contribution >= 4 is 5.91 Å². The van der Waals surface area contributed by atoms with E-state index in [1.165, 1.54) is 14.2 Å². The molecule has 2 rings (SSSR count). The number of nitrogens with one attached hydrogen (secondary N) is 1. The van der Waals surface area contributed by atoms with E-state index in [9.17, 15) is 25.2 Å². The van der Waals surface area contributed by atoms with E-state index < -0.39 is 67.1 Å². The highest BCUT2D eigenvalue weighted by molar-refractivity contribution is 5.81. The summed E-state index contributed by atoms with van der Waals surface area (Å²) in [5.74, 6) is -2.27. The van der Waals surface area contributed by atoms with E-state index in [4.69, 9.17) is 23.7 Å². The fourth-order valence-electron chi connectivity index (χ4n) is 4.99. The van der Waals surface area contributed by atoms with Gasteiger partial charge in [0.1, 0.15) is 19.0 Å². The van der Waals surface area contributed by atoms with Gasteiger partial charge in [-0.15, -0.1) is 0 Å². The molecule has 0 aromatic heterocycles. The highest BCUT2D eigenvalue weighted by Gasteiger charge is 2.53. The standard InChI is InChI=1S/C24H43NO10/c1-13-9-24(32-7,35-15(3)14(13)2)20(29)22(30)25-10-17-19(33-12-27)21(31-6)23(4,5)18(34-17)8-16(28)11-26/h14-21,26-29H,1,8-12H2,2-7H3,(H,25,30)/t14-,15-,16+,17-,18-,19+,20-,21-,24-/m1/s1. The van der Waals surface area contributed by atoms with Crippen molar-refractivity contribution in [1.82, 2.24) is 5.32 Å². The lowest BCUT2D eigenvalue weighted by Gasteiger charge is -2.51. The molecule has 35 heavy (non-hydrogen) atoms. The van der Waals surface area contributed by atoms with Gasteiger partial charge in [0, 0.05) is 44.9 Å². The molecule has 0 aromatic rings. The summed E-state index contributed by atoms with van der Waals surface area (Å²) in [6, 6.07) is 0. The zero-order chi connectivity index (χ0) is 26.6. The first-order valence-electron chi connectivity index (χ1n) is 11.9. The largest absolute Gasteiger partial charge is 0.394 e. The number of methoxy groups -OCH3 is 2. The Kier molecular flexibility index (Phi) is 10.7. The minimum absolute atomic E-state index is 0.0427. The number of amides is 1. The predicted octanol–water partition coefficient (Wildman–Crippen LogP) is -0.306. The van der Waals surface area contributed by atoms with Crippen molar-refractivity contribution in [1.29, 1.82) is 0 Å². The van der Waals surface area contributed by atoms with Gasteiger partial charge in [0.25, 0.3) is 5.91 Å². The SMILES string of the molecule is C=C1C[C@](OC)([C@H](O)C(=O)NC[C@H]2O[C@H](C[C@H](O)CO)C(C)(C)[C@H](OC)[C@H]2OCO)O[C@H](C)[C@@H]1C. The van der Waals surface area contributed by atoms with E-state index >= 15 is 0 Å². The van der Waals surface area contributed by atoms with Gasteiger partial charge in [-0.1, -0.05) is 32.9 Å². The molecule has 0 aliphatic carbocycles. The predicted molar refractivity (Wildman–Crippen MR) is 125 cm³/mol. The maximum absolute atomic E-state index is 13.0. The third kappa shape index (κ3) is 6.41. The molecule has 9 atom stereocenters. The van der Waals surface area contributed by atoms with Crippen molar-refractivity contribution in [2.75, 3.05) is 34.2 Å². The number of rotatable bonds is 11. The second-order valence-electron chi connectivity index (χ2n) is 10.1. The number of hydrogen-bond donors (Lipinski definition) is 5. The summed E-state index contributed by atoms with van der Waals surface area (Å²) in [6.07, 6.45) is -5.36. The van der Waals surface area contributed by atoms with Crippen LogP contribution in [0, 0.1) is 11.3 Å². The summed E-state index contributed by atoms with van der Waals surface area (Å²) in [6.45, 7) is 10.5. The van der Waals surface area contributed by atoms with Gasteiger partial charge in [0.05, 0.1) is 31.0 Å². The lowest BCUT2D eigenvalue weighted by molar-refractivity contribution is -0.297. The molecule has 2 heterocycles. The average molecular weight is 506 g/mol. The summed E-state index contributed by atoms with van der Waals surface area (Å²) >= 11 is 0. The Balaban J connectivity index is 2.19. The van der Waals surface area contributed by atoms with Gasteiger partial charge < -0.3 is 49.4 Å². The number of aliphatic hydroxyl groups excluding tert-OH is 4. The highest BCUT2D eigenvalue weighted by Crippen LogP contribution is 2.42. The first-order chi connectivity index (χ1) is 16.4. The Hall–Kier alpha value is -1.15. The molecule has 2 aliphatic heterocycles. The van der Waals surface area contributed by atoms with Crippen LogP contribution < -0.4 is 5.32 Å². The van der Waals surface area contributed by atoms with E-state index in [-0.39, 0.29) is 31.4 Å². The van der Waals surface area contributed by atoms with Crippen LogP contribution in [0.2, 0.25) is 0 Å². The number of ether oxygens (including phenoxy) is 5. The van der Waals surface area contributed by atoms with Crippen LogP contribution in [0.4, 0.5) is 0 Å². The van der Waals surface area contributed by atoms with Crippen LogP contribution in [-0.4, -0.2) is 109 Å². The van der Waals surface area contributed by atoms with Gasteiger partial charge in [0.2, 0.25) is 5.79 Å². The number of aliphatic hydroxyl groups is 4. The molecule has 0 aromatic carbocycles. The molecule has 0 unspecified atom stereocenters. The Labute approximate surface area is 207 Å². The van der Waals surface area contributed by atoms with Crippen molar-refractivity contribution in [3.05, 3.63) is 12.2 Å². The molecule has 0 bridgehead atoms. The van der Waals surface area contributed by atoms with Crippen LogP contribution >= 0.6 is 0 Å². The van der Waals surface area contributed by atoms with E-state index in [1.54, 1.807) is 0 Å².